The lowest BCUT2D eigenvalue weighted by atomic mass is 9.95. The minimum Gasteiger partial charge on any atom is -0.497 e. The molecule has 0 saturated heterocycles. The van der Waals surface area contributed by atoms with Crippen molar-refractivity contribution < 1.29 is 28.5 Å². The van der Waals surface area contributed by atoms with Gasteiger partial charge in [0.1, 0.15) is 23.1 Å². The highest BCUT2D eigenvalue weighted by Gasteiger charge is 2.24. The molecule has 0 bridgehead atoms. The maximum atomic E-state index is 12.4. The lowest BCUT2D eigenvalue weighted by molar-refractivity contribution is -0.141. The van der Waals surface area contributed by atoms with E-state index in [-0.39, 0.29) is 0 Å². The SMILES string of the molecule is COC(=O)C(C=C(c1ccc(OC)cc1)c1ccc(OC)cc1)NC(=O)OC(C)(C)C. The monoisotopic (exact) mass is 427 g/mol. The molecule has 2 rings (SSSR count). The van der Waals surface area contributed by atoms with Gasteiger partial charge in [-0.05, 0) is 67.8 Å². The van der Waals surface area contributed by atoms with Gasteiger partial charge in [0.25, 0.3) is 0 Å². The standard InChI is InChI=1S/C24H29NO6/c1-24(2,3)31-23(27)25-21(22(26)30-6)15-20(16-7-11-18(28-4)12-8-16)17-9-13-19(29-5)14-10-17/h7-15,21H,1-6H3,(H,25,27). The Hall–Kier alpha value is -3.48. The van der Waals surface area contributed by atoms with Crippen molar-refractivity contribution in [3.05, 3.63) is 65.7 Å². The molecule has 1 atom stereocenters. The number of esters is 1. The summed E-state index contributed by atoms with van der Waals surface area (Å²) in [4.78, 5) is 24.7. The Kier molecular flexibility index (Phi) is 8.07. The smallest absolute Gasteiger partial charge is 0.408 e. The Morgan fingerprint density at radius 2 is 1.29 bits per heavy atom. The van der Waals surface area contributed by atoms with E-state index in [2.05, 4.69) is 5.32 Å². The summed E-state index contributed by atoms with van der Waals surface area (Å²) in [6, 6.07) is 13.7. The molecule has 0 aromatic heterocycles. The Morgan fingerprint density at radius 1 is 0.839 bits per heavy atom. The quantitative estimate of drug-likeness (QED) is 0.667. The molecule has 1 unspecified atom stereocenters. The molecule has 7 heteroatoms. The van der Waals surface area contributed by atoms with Crippen LogP contribution in [0.3, 0.4) is 0 Å². The fraction of sp³-hybridized carbons (Fsp3) is 0.333. The number of carbonyl (C=O) groups excluding carboxylic acids is 2. The maximum absolute atomic E-state index is 12.4. The minimum absolute atomic E-state index is 0.620. The van der Waals surface area contributed by atoms with Crippen molar-refractivity contribution >= 4 is 17.6 Å². The summed E-state index contributed by atoms with van der Waals surface area (Å²) in [6.45, 7) is 5.24. The Bertz CT molecular complexity index is 861. The van der Waals surface area contributed by atoms with Gasteiger partial charge in [0, 0.05) is 0 Å². The number of carbonyl (C=O) groups is 2. The fourth-order valence-electron chi connectivity index (χ4n) is 2.80. The van der Waals surface area contributed by atoms with Gasteiger partial charge in [-0.15, -0.1) is 0 Å². The number of hydrogen-bond acceptors (Lipinski definition) is 6. The van der Waals surface area contributed by atoms with Gasteiger partial charge < -0.3 is 24.3 Å². The highest BCUT2D eigenvalue weighted by molar-refractivity contribution is 5.89. The maximum Gasteiger partial charge on any atom is 0.408 e. The van der Waals surface area contributed by atoms with Crippen molar-refractivity contribution in [2.45, 2.75) is 32.4 Å². The summed E-state index contributed by atoms with van der Waals surface area (Å²) >= 11 is 0. The molecule has 1 N–H and O–H groups in total. The van der Waals surface area contributed by atoms with E-state index in [1.165, 1.54) is 7.11 Å². The van der Waals surface area contributed by atoms with E-state index in [4.69, 9.17) is 18.9 Å². The molecular weight excluding hydrogens is 398 g/mol. The van der Waals surface area contributed by atoms with E-state index in [1.807, 2.05) is 48.5 Å². The van der Waals surface area contributed by atoms with E-state index in [0.29, 0.717) is 11.5 Å². The van der Waals surface area contributed by atoms with Crippen LogP contribution < -0.4 is 14.8 Å². The summed E-state index contributed by atoms with van der Waals surface area (Å²) < 4.78 is 20.7. The summed E-state index contributed by atoms with van der Waals surface area (Å²) in [5.41, 5.74) is 1.66. The molecule has 0 aliphatic heterocycles. The van der Waals surface area contributed by atoms with Crippen LogP contribution in [-0.2, 0) is 14.3 Å². The average Bonchev–Trinajstić information content (AvgIpc) is 2.75. The van der Waals surface area contributed by atoms with Crippen molar-refractivity contribution in [3.8, 4) is 11.5 Å². The lowest BCUT2D eigenvalue weighted by Gasteiger charge is -2.22. The third-order valence-corrected chi connectivity index (χ3v) is 4.26. The predicted octanol–water partition coefficient (Wildman–Crippen LogP) is 4.20. The van der Waals surface area contributed by atoms with Crippen LogP contribution in [0.25, 0.3) is 5.57 Å². The summed E-state index contributed by atoms with van der Waals surface area (Å²) in [5.74, 6) is 0.786. The first-order valence-corrected chi connectivity index (χ1v) is 9.75. The van der Waals surface area contributed by atoms with Gasteiger partial charge in [0.15, 0.2) is 0 Å². The number of rotatable bonds is 7. The number of hydrogen-bond donors (Lipinski definition) is 1. The van der Waals surface area contributed by atoms with Gasteiger partial charge in [-0.25, -0.2) is 9.59 Å². The van der Waals surface area contributed by atoms with Crippen LogP contribution in [0.5, 0.6) is 11.5 Å². The van der Waals surface area contributed by atoms with Crippen LogP contribution in [0.1, 0.15) is 31.9 Å². The molecule has 166 valence electrons. The molecule has 0 spiro atoms. The van der Waals surface area contributed by atoms with E-state index in [0.717, 1.165) is 16.7 Å². The van der Waals surface area contributed by atoms with Crippen molar-refractivity contribution in [2.75, 3.05) is 21.3 Å². The fourth-order valence-corrected chi connectivity index (χ4v) is 2.80. The van der Waals surface area contributed by atoms with Gasteiger partial charge in [-0.3, -0.25) is 0 Å². The van der Waals surface area contributed by atoms with E-state index < -0.39 is 23.7 Å². The summed E-state index contributed by atoms with van der Waals surface area (Å²) in [7, 11) is 4.45. The first-order chi connectivity index (χ1) is 14.7. The molecule has 0 radical (unpaired) electrons. The second kappa shape index (κ2) is 10.5. The average molecular weight is 427 g/mol. The molecule has 1 amide bonds. The molecule has 31 heavy (non-hydrogen) atoms. The zero-order valence-corrected chi connectivity index (χ0v) is 18.7. The highest BCUT2D eigenvalue weighted by atomic mass is 16.6. The lowest BCUT2D eigenvalue weighted by Crippen LogP contribution is -2.43. The second-order valence-electron chi connectivity index (χ2n) is 7.68. The topological polar surface area (TPSA) is 83.1 Å². The van der Waals surface area contributed by atoms with Gasteiger partial charge in [-0.2, -0.15) is 0 Å². The van der Waals surface area contributed by atoms with Crippen molar-refractivity contribution in [1.82, 2.24) is 5.32 Å². The molecule has 2 aromatic rings. The molecule has 0 heterocycles. The summed E-state index contributed by atoms with van der Waals surface area (Å²) in [6.07, 6.45) is 0.919. The van der Waals surface area contributed by atoms with Crippen LogP contribution in [0.2, 0.25) is 0 Å². The van der Waals surface area contributed by atoms with Crippen LogP contribution >= 0.6 is 0 Å². The normalized spacial score (nSPS) is 11.7. The zero-order chi connectivity index (χ0) is 23.0. The van der Waals surface area contributed by atoms with Crippen LogP contribution in [0, 0.1) is 0 Å². The summed E-state index contributed by atoms with van der Waals surface area (Å²) in [5, 5.41) is 2.58. The highest BCUT2D eigenvalue weighted by Crippen LogP contribution is 2.27. The molecule has 0 aliphatic rings. The van der Waals surface area contributed by atoms with Crippen molar-refractivity contribution in [1.29, 1.82) is 0 Å². The number of amides is 1. The Morgan fingerprint density at radius 3 is 1.65 bits per heavy atom. The van der Waals surface area contributed by atoms with Gasteiger partial charge in [0.2, 0.25) is 0 Å². The van der Waals surface area contributed by atoms with E-state index in [9.17, 15) is 9.59 Å². The van der Waals surface area contributed by atoms with Crippen molar-refractivity contribution in [2.24, 2.45) is 0 Å². The Labute approximate surface area is 183 Å². The van der Waals surface area contributed by atoms with Crippen LogP contribution in [-0.4, -0.2) is 45.0 Å². The molecular formula is C24H29NO6. The molecule has 2 aromatic carbocycles. The second-order valence-corrected chi connectivity index (χ2v) is 7.68. The number of benzene rings is 2. The predicted molar refractivity (Wildman–Crippen MR) is 118 cm³/mol. The largest absolute Gasteiger partial charge is 0.497 e. The van der Waals surface area contributed by atoms with Crippen LogP contribution in [0.15, 0.2) is 54.6 Å². The molecule has 0 fully saturated rings. The third-order valence-electron chi connectivity index (χ3n) is 4.26. The van der Waals surface area contributed by atoms with E-state index in [1.54, 1.807) is 41.1 Å². The molecule has 0 saturated carbocycles. The molecule has 7 nitrogen and oxygen atoms in total. The minimum atomic E-state index is -1.06. The number of methoxy groups -OCH3 is 3. The van der Waals surface area contributed by atoms with Gasteiger partial charge >= 0.3 is 12.1 Å². The third kappa shape index (κ3) is 7.06. The van der Waals surface area contributed by atoms with Gasteiger partial charge in [-0.1, -0.05) is 24.3 Å². The van der Waals surface area contributed by atoms with Gasteiger partial charge in [0.05, 0.1) is 21.3 Å². The Balaban J connectivity index is 2.50. The zero-order valence-electron chi connectivity index (χ0n) is 18.7. The number of ether oxygens (including phenoxy) is 4. The van der Waals surface area contributed by atoms with E-state index >= 15 is 0 Å². The first-order valence-electron chi connectivity index (χ1n) is 9.75. The number of nitrogens with one attached hydrogen (secondary N) is 1. The van der Waals surface area contributed by atoms with Crippen molar-refractivity contribution in [3.63, 3.8) is 0 Å². The number of alkyl carbamates (subject to hydrolysis) is 1. The first kappa shape index (κ1) is 23.8. The van der Waals surface area contributed by atoms with Crippen LogP contribution in [0.4, 0.5) is 4.79 Å². The molecule has 0 aliphatic carbocycles.